The van der Waals surface area contributed by atoms with E-state index in [2.05, 4.69) is 56.1 Å². The Morgan fingerprint density at radius 3 is 2.34 bits per heavy atom. The van der Waals surface area contributed by atoms with Crippen LogP contribution in [0.2, 0.25) is 0 Å². The Labute approximate surface area is 259 Å². The SMILES string of the molecule is C=S(c1ccncc1)c1ccc(-c2cc3cnc(Nc4ccc(NC5CCCNC5)cc4)nc3n(C3CCCC3)c2=O)cc1. The van der Waals surface area contributed by atoms with Gasteiger partial charge in [0.15, 0.2) is 0 Å². The van der Waals surface area contributed by atoms with Crippen LogP contribution < -0.4 is 21.5 Å². The van der Waals surface area contributed by atoms with Crippen LogP contribution in [0.1, 0.15) is 44.6 Å². The number of hydrogen-bond donors (Lipinski definition) is 3. The summed E-state index contributed by atoms with van der Waals surface area (Å²) in [7, 11) is -0.325. The number of fused-ring (bicyclic) bond motifs is 1. The van der Waals surface area contributed by atoms with Crippen molar-refractivity contribution in [1.82, 2.24) is 24.8 Å². The first kappa shape index (κ1) is 28.4. The molecule has 2 atom stereocenters. The predicted octanol–water partition coefficient (Wildman–Crippen LogP) is 7.00. The van der Waals surface area contributed by atoms with Gasteiger partial charge in [-0.3, -0.25) is 14.3 Å². The number of aromatic nitrogens is 4. The third kappa shape index (κ3) is 6.02. The summed E-state index contributed by atoms with van der Waals surface area (Å²) in [6.45, 7) is 2.09. The summed E-state index contributed by atoms with van der Waals surface area (Å²) >= 11 is 0. The summed E-state index contributed by atoms with van der Waals surface area (Å²) in [5, 5.41) is 11.3. The van der Waals surface area contributed by atoms with Crippen LogP contribution >= 0.6 is 10.5 Å². The Morgan fingerprint density at radius 2 is 1.61 bits per heavy atom. The molecule has 1 saturated carbocycles. The van der Waals surface area contributed by atoms with Crippen molar-refractivity contribution < 1.29 is 0 Å². The Balaban J connectivity index is 1.18. The first-order valence-electron chi connectivity index (χ1n) is 15.4. The van der Waals surface area contributed by atoms with E-state index in [4.69, 9.17) is 4.98 Å². The minimum absolute atomic E-state index is 0.00261. The lowest BCUT2D eigenvalue weighted by molar-refractivity contribution is 0.480. The molecule has 44 heavy (non-hydrogen) atoms. The molecule has 7 rings (SSSR count). The number of benzene rings is 2. The highest BCUT2D eigenvalue weighted by molar-refractivity contribution is 8.14. The number of piperidine rings is 1. The van der Waals surface area contributed by atoms with E-state index >= 15 is 0 Å². The highest BCUT2D eigenvalue weighted by Crippen LogP contribution is 2.35. The van der Waals surface area contributed by atoms with Crippen LogP contribution in [0.3, 0.4) is 0 Å². The number of rotatable bonds is 8. The maximum absolute atomic E-state index is 14.1. The molecule has 3 N–H and O–H groups in total. The maximum atomic E-state index is 14.1. The molecule has 4 heterocycles. The largest absolute Gasteiger partial charge is 0.381 e. The fourth-order valence-electron chi connectivity index (χ4n) is 6.32. The lowest BCUT2D eigenvalue weighted by Gasteiger charge is -2.24. The molecular formula is C35H37N7OS. The van der Waals surface area contributed by atoms with E-state index in [1.165, 1.54) is 12.8 Å². The Morgan fingerprint density at radius 1 is 0.886 bits per heavy atom. The zero-order valence-corrected chi connectivity index (χ0v) is 25.5. The molecule has 224 valence electrons. The molecule has 0 radical (unpaired) electrons. The van der Waals surface area contributed by atoms with Gasteiger partial charge in [0.1, 0.15) is 5.65 Å². The van der Waals surface area contributed by atoms with Gasteiger partial charge in [-0.1, -0.05) is 30.8 Å². The second-order valence-electron chi connectivity index (χ2n) is 11.6. The second-order valence-corrected chi connectivity index (χ2v) is 13.4. The van der Waals surface area contributed by atoms with Crippen molar-refractivity contribution in [1.29, 1.82) is 0 Å². The molecule has 2 unspecified atom stereocenters. The van der Waals surface area contributed by atoms with Gasteiger partial charge in [0.05, 0.1) is 0 Å². The number of pyridine rings is 2. The van der Waals surface area contributed by atoms with Crippen LogP contribution in [0.4, 0.5) is 17.3 Å². The minimum Gasteiger partial charge on any atom is -0.381 e. The number of hydrogen-bond acceptors (Lipinski definition) is 7. The van der Waals surface area contributed by atoms with Crippen LogP contribution in [0, 0.1) is 0 Å². The molecule has 1 aliphatic heterocycles. The van der Waals surface area contributed by atoms with Gasteiger partial charge >= 0.3 is 0 Å². The van der Waals surface area contributed by atoms with E-state index < -0.39 is 0 Å². The van der Waals surface area contributed by atoms with Crippen LogP contribution in [-0.2, 0) is 0 Å². The standard InChI is InChI=1S/C35H37N7OS/c1-44(31-16-19-36-20-17-31)30-14-8-24(9-15-30)32-21-25-22-38-35(41-33(25)42(34(32)43)29-6-2-3-7-29)40-27-12-10-26(11-13-27)39-28-5-4-18-37-23-28/h8-17,19-22,28-29,37,39H,1-7,18,23H2,(H,38,40,41). The average molecular weight is 604 g/mol. The molecular weight excluding hydrogens is 567 g/mol. The minimum atomic E-state index is -0.325. The van der Waals surface area contributed by atoms with Gasteiger partial charge < -0.3 is 16.0 Å². The third-order valence-corrected chi connectivity index (χ3v) is 10.3. The number of nitrogens with zero attached hydrogens (tertiary/aromatic N) is 4. The normalized spacial score (nSPS) is 17.9. The molecule has 3 aromatic heterocycles. The van der Waals surface area contributed by atoms with Gasteiger partial charge in [0.2, 0.25) is 5.95 Å². The third-order valence-electron chi connectivity index (χ3n) is 8.66. The van der Waals surface area contributed by atoms with E-state index in [1.54, 1.807) is 12.4 Å². The molecule has 0 amide bonds. The van der Waals surface area contributed by atoms with Crippen molar-refractivity contribution in [3.8, 4) is 11.1 Å². The van der Waals surface area contributed by atoms with Crippen LogP contribution in [-0.4, -0.2) is 44.5 Å². The molecule has 1 aliphatic carbocycles. The van der Waals surface area contributed by atoms with E-state index in [9.17, 15) is 4.79 Å². The van der Waals surface area contributed by atoms with Crippen molar-refractivity contribution in [2.45, 2.75) is 60.4 Å². The lowest BCUT2D eigenvalue weighted by Crippen LogP contribution is -2.38. The fourth-order valence-corrected chi connectivity index (χ4v) is 7.50. The zero-order chi connectivity index (χ0) is 29.9. The van der Waals surface area contributed by atoms with Crippen LogP contribution in [0.25, 0.3) is 22.2 Å². The second kappa shape index (κ2) is 12.7. The maximum Gasteiger partial charge on any atom is 0.260 e. The van der Waals surface area contributed by atoms with Gasteiger partial charge in [-0.15, -0.1) is 10.5 Å². The monoisotopic (exact) mass is 603 g/mol. The molecule has 2 aliphatic rings. The van der Waals surface area contributed by atoms with Crippen molar-refractivity contribution >= 4 is 44.7 Å². The molecule has 8 nitrogen and oxygen atoms in total. The van der Waals surface area contributed by atoms with E-state index in [0.29, 0.717) is 23.2 Å². The van der Waals surface area contributed by atoms with Crippen molar-refractivity contribution in [2.75, 3.05) is 23.7 Å². The summed E-state index contributed by atoms with van der Waals surface area (Å²) in [4.78, 5) is 30.1. The lowest BCUT2D eigenvalue weighted by atomic mass is 10.1. The fraction of sp³-hybridized carbons (Fsp3) is 0.286. The van der Waals surface area contributed by atoms with E-state index in [1.807, 2.05) is 53.2 Å². The summed E-state index contributed by atoms with van der Waals surface area (Å²) in [6.07, 6.45) is 12.0. The van der Waals surface area contributed by atoms with Crippen molar-refractivity contribution in [2.24, 2.45) is 0 Å². The van der Waals surface area contributed by atoms with Gasteiger partial charge in [0.25, 0.3) is 5.56 Å². The predicted molar refractivity (Wildman–Crippen MR) is 181 cm³/mol. The number of anilines is 3. The quantitative estimate of drug-likeness (QED) is 0.164. The van der Waals surface area contributed by atoms with Gasteiger partial charge in [-0.25, -0.2) is 4.98 Å². The molecule has 1 saturated heterocycles. The highest BCUT2D eigenvalue weighted by Gasteiger charge is 2.23. The van der Waals surface area contributed by atoms with Crippen molar-refractivity contribution in [3.63, 3.8) is 0 Å². The van der Waals surface area contributed by atoms with Crippen LogP contribution in [0.15, 0.2) is 99.9 Å². The molecule has 9 heteroatoms. The summed E-state index contributed by atoms with van der Waals surface area (Å²) in [6, 6.07) is 23.0. The summed E-state index contributed by atoms with van der Waals surface area (Å²) < 4.78 is 1.92. The first-order valence-corrected chi connectivity index (χ1v) is 16.8. The molecule has 2 aromatic carbocycles. The van der Waals surface area contributed by atoms with E-state index in [0.717, 1.165) is 70.9 Å². The smallest absolute Gasteiger partial charge is 0.260 e. The Kier molecular flexibility index (Phi) is 8.22. The first-order chi connectivity index (χ1) is 21.6. The van der Waals surface area contributed by atoms with Crippen LogP contribution in [0.5, 0.6) is 0 Å². The molecule has 0 spiro atoms. The summed E-state index contributed by atoms with van der Waals surface area (Å²) in [5.41, 5.74) is 4.24. The molecule has 2 fully saturated rings. The summed E-state index contributed by atoms with van der Waals surface area (Å²) in [5.74, 6) is 4.86. The van der Waals surface area contributed by atoms with E-state index in [-0.39, 0.29) is 22.1 Å². The van der Waals surface area contributed by atoms with Gasteiger partial charge in [-0.2, -0.15) is 4.98 Å². The van der Waals surface area contributed by atoms with Gasteiger partial charge in [-0.05, 0) is 92.4 Å². The highest BCUT2D eigenvalue weighted by atomic mass is 32.2. The Bertz CT molecular complexity index is 1830. The number of nitrogens with one attached hydrogen (secondary N) is 3. The molecule has 5 aromatic rings. The van der Waals surface area contributed by atoms with Crippen molar-refractivity contribution in [3.05, 3.63) is 95.7 Å². The topological polar surface area (TPSA) is 96.8 Å². The Hall–Kier alpha value is -4.34. The molecule has 0 bridgehead atoms. The van der Waals surface area contributed by atoms with Gasteiger partial charge in [0, 0.05) is 69.3 Å². The average Bonchev–Trinajstić information content (AvgIpc) is 3.61. The zero-order valence-electron chi connectivity index (χ0n) is 24.7.